The Morgan fingerprint density at radius 1 is 1.21 bits per heavy atom. The van der Waals surface area contributed by atoms with Gasteiger partial charge in [-0.2, -0.15) is 0 Å². The minimum Gasteiger partial charge on any atom is -0.361 e. The number of rotatable bonds is 4. The third kappa shape index (κ3) is 3.44. The van der Waals surface area contributed by atoms with E-state index in [2.05, 4.69) is 52.2 Å². The standard InChI is InChI=1S/C23H30N4O2/c1-15-6-4-5-7-19(15)22-20-14-26(11-17(20)12-27(22)23(28)25(2)3)13-18-10-21(29-24-18)16-8-9-16/h4-7,10,16-17,20,22H,8-9,11-14H2,1-3H3/t17-,20-,22+/m1/s1. The van der Waals surface area contributed by atoms with Gasteiger partial charge in [-0.15, -0.1) is 0 Å². The average molecular weight is 395 g/mol. The van der Waals surface area contributed by atoms with Gasteiger partial charge in [-0.25, -0.2) is 4.79 Å². The summed E-state index contributed by atoms with van der Waals surface area (Å²) < 4.78 is 5.54. The van der Waals surface area contributed by atoms with Crippen LogP contribution in [0.2, 0.25) is 0 Å². The highest BCUT2D eigenvalue weighted by molar-refractivity contribution is 5.75. The molecular formula is C23H30N4O2. The lowest BCUT2D eigenvalue weighted by Gasteiger charge is -2.32. The lowest BCUT2D eigenvalue weighted by atomic mass is 9.88. The predicted molar refractivity (Wildman–Crippen MR) is 110 cm³/mol. The van der Waals surface area contributed by atoms with Gasteiger partial charge in [0.15, 0.2) is 0 Å². The fraction of sp³-hybridized carbons (Fsp3) is 0.565. The molecule has 0 unspecified atom stereocenters. The summed E-state index contributed by atoms with van der Waals surface area (Å²) >= 11 is 0. The van der Waals surface area contributed by atoms with E-state index in [1.165, 1.54) is 24.0 Å². The Kier molecular flexibility index (Phi) is 4.62. The van der Waals surface area contributed by atoms with Crippen molar-refractivity contribution >= 4 is 6.03 Å². The lowest BCUT2D eigenvalue weighted by Crippen LogP contribution is -2.41. The second kappa shape index (κ2) is 7.17. The first-order chi connectivity index (χ1) is 14.0. The van der Waals surface area contributed by atoms with Gasteiger partial charge >= 0.3 is 6.03 Å². The maximum absolute atomic E-state index is 12.9. The second-order valence-corrected chi connectivity index (χ2v) is 9.24. The Morgan fingerprint density at radius 2 is 2.00 bits per heavy atom. The molecule has 0 N–H and O–H groups in total. The molecule has 6 heteroatoms. The highest BCUT2D eigenvalue weighted by Crippen LogP contribution is 2.46. The smallest absolute Gasteiger partial charge is 0.320 e. The summed E-state index contributed by atoms with van der Waals surface area (Å²) in [4.78, 5) is 19.2. The number of hydrogen-bond donors (Lipinski definition) is 0. The summed E-state index contributed by atoms with van der Waals surface area (Å²) in [5, 5.41) is 4.30. The molecule has 3 atom stereocenters. The van der Waals surface area contributed by atoms with Crippen LogP contribution >= 0.6 is 0 Å². The molecular weight excluding hydrogens is 364 g/mol. The van der Waals surface area contributed by atoms with Crippen LogP contribution in [0.3, 0.4) is 0 Å². The summed E-state index contributed by atoms with van der Waals surface area (Å²) in [6.45, 7) is 5.82. The Hall–Kier alpha value is -2.34. The normalized spacial score (nSPS) is 26.7. The Labute approximate surface area is 172 Å². The summed E-state index contributed by atoms with van der Waals surface area (Å²) in [6, 6.07) is 10.9. The Bertz CT molecular complexity index is 904. The molecule has 2 aromatic rings. The van der Waals surface area contributed by atoms with Crippen molar-refractivity contribution in [2.24, 2.45) is 11.8 Å². The number of hydrogen-bond acceptors (Lipinski definition) is 4. The van der Waals surface area contributed by atoms with Crippen molar-refractivity contribution in [3.63, 3.8) is 0 Å². The van der Waals surface area contributed by atoms with Crippen LogP contribution in [0.25, 0.3) is 0 Å². The van der Waals surface area contributed by atoms with Crippen molar-refractivity contribution in [2.75, 3.05) is 33.7 Å². The molecule has 3 aliphatic rings. The van der Waals surface area contributed by atoms with Gasteiger partial charge in [0.05, 0.1) is 11.7 Å². The molecule has 0 bridgehead atoms. The SMILES string of the molecule is Cc1ccccc1[C@H]1[C@@H]2CN(Cc3cc(C4CC4)on3)C[C@@H]2CN1C(=O)N(C)C. The minimum atomic E-state index is 0.116. The number of urea groups is 1. The molecule has 1 aliphatic carbocycles. The zero-order valence-electron chi connectivity index (χ0n) is 17.5. The van der Waals surface area contributed by atoms with Gasteiger partial charge < -0.3 is 14.3 Å². The van der Waals surface area contributed by atoms with Gasteiger partial charge in [-0.05, 0) is 36.8 Å². The Morgan fingerprint density at radius 3 is 2.72 bits per heavy atom. The van der Waals surface area contributed by atoms with Gasteiger partial charge in [0.2, 0.25) is 0 Å². The van der Waals surface area contributed by atoms with Crippen molar-refractivity contribution < 1.29 is 9.32 Å². The highest BCUT2D eigenvalue weighted by Gasteiger charge is 2.49. The van der Waals surface area contributed by atoms with Crippen LogP contribution < -0.4 is 0 Å². The van der Waals surface area contributed by atoms with E-state index in [9.17, 15) is 4.79 Å². The second-order valence-electron chi connectivity index (χ2n) is 9.24. The molecule has 0 radical (unpaired) electrons. The maximum atomic E-state index is 12.9. The maximum Gasteiger partial charge on any atom is 0.320 e. The van der Waals surface area contributed by atoms with Crippen LogP contribution in [-0.2, 0) is 6.54 Å². The monoisotopic (exact) mass is 394 g/mol. The lowest BCUT2D eigenvalue weighted by molar-refractivity contribution is 0.151. The summed E-state index contributed by atoms with van der Waals surface area (Å²) in [5.41, 5.74) is 3.59. The van der Waals surface area contributed by atoms with Crippen LogP contribution in [0, 0.1) is 18.8 Å². The van der Waals surface area contributed by atoms with E-state index in [1.54, 1.807) is 4.90 Å². The zero-order valence-corrected chi connectivity index (χ0v) is 17.5. The zero-order chi connectivity index (χ0) is 20.1. The van der Waals surface area contributed by atoms with E-state index in [0.29, 0.717) is 17.8 Å². The van der Waals surface area contributed by atoms with E-state index in [1.807, 2.05) is 14.1 Å². The summed E-state index contributed by atoms with van der Waals surface area (Å²) in [6.07, 6.45) is 2.46. The molecule has 1 aromatic carbocycles. The van der Waals surface area contributed by atoms with Gasteiger partial charge in [0, 0.05) is 58.2 Å². The topological polar surface area (TPSA) is 52.8 Å². The average Bonchev–Trinajstić information content (AvgIpc) is 3.17. The van der Waals surface area contributed by atoms with E-state index >= 15 is 0 Å². The van der Waals surface area contributed by atoms with Crippen LogP contribution in [0.5, 0.6) is 0 Å². The molecule has 3 heterocycles. The van der Waals surface area contributed by atoms with Crippen LogP contribution in [0.4, 0.5) is 4.79 Å². The van der Waals surface area contributed by atoms with Crippen molar-refractivity contribution in [1.29, 1.82) is 0 Å². The molecule has 6 nitrogen and oxygen atoms in total. The van der Waals surface area contributed by atoms with Crippen LogP contribution in [0.15, 0.2) is 34.9 Å². The van der Waals surface area contributed by atoms with E-state index < -0.39 is 0 Å². The van der Waals surface area contributed by atoms with Crippen molar-refractivity contribution in [3.8, 4) is 0 Å². The van der Waals surface area contributed by atoms with Gasteiger partial charge in [-0.3, -0.25) is 4.90 Å². The first-order valence-electron chi connectivity index (χ1n) is 10.7. The number of amides is 2. The molecule has 2 amide bonds. The quantitative estimate of drug-likeness (QED) is 0.794. The fourth-order valence-electron chi connectivity index (χ4n) is 5.23. The van der Waals surface area contributed by atoms with E-state index in [4.69, 9.17) is 4.52 Å². The number of likely N-dealkylation sites (tertiary alicyclic amines) is 2. The van der Waals surface area contributed by atoms with Crippen molar-refractivity contribution in [2.45, 2.75) is 38.3 Å². The largest absolute Gasteiger partial charge is 0.361 e. The number of fused-ring (bicyclic) bond motifs is 1. The minimum absolute atomic E-state index is 0.116. The molecule has 1 saturated carbocycles. The van der Waals surface area contributed by atoms with Crippen LogP contribution in [-0.4, -0.2) is 59.6 Å². The fourth-order valence-corrected chi connectivity index (χ4v) is 5.23. The number of nitrogens with zero attached hydrogens (tertiary/aromatic N) is 4. The molecule has 5 rings (SSSR count). The first kappa shape index (κ1) is 18.7. The summed E-state index contributed by atoms with van der Waals surface area (Å²) in [7, 11) is 3.69. The molecule has 1 aromatic heterocycles. The number of aryl methyl sites for hydroxylation is 1. The van der Waals surface area contributed by atoms with Crippen LogP contribution in [0.1, 0.15) is 47.4 Å². The number of carbonyl (C=O) groups is 1. The van der Waals surface area contributed by atoms with Crippen molar-refractivity contribution in [1.82, 2.24) is 19.9 Å². The molecule has 0 spiro atoms. The molecule has 29 heavy (non-hydrogen) atoms. The molecule has 2 aliphatic heterocycles. The summed E-state index contributed by atoms with van der Waals surface area (Å²) in [5.74, 6) is 2.61. The van der Waals surface area contributed by atoms with Crippen molar-refractivity contribution in [3.05, 3.63) is 52.9 Å². The number of carbonyl (C=O) groups excluding carboxylic acids is 1. The van der Waals surface area contributed by atoms with E-state index in [-0.39, 0.29) is 12.1 Å². The number of aromatic nitrogens is 1. The van der Waals surface area contributed by atoms with Gasteiger partial charge in [0.25, 0.3) is 0 Å². The third-order valence-corrected chi connectivity index (χ3v) is 6.82. The Balaban J connectivity index is 1.36. The predicted octanol–water partition coefficient (Wildman–Crippen LogP) is 3.65. The van der Waals surface area contributed by atoms with E-state index in [0.717, 1.165) is 37.6 Å². The third-order valence-electron chi connectivity index (χ3n) is 6.82. The number of benzene rings is 1. The molecule has 154 valence electrons. The first-order valence-corrected chi connectivity index (χ1v) is 10.7. The van der Waals surface area contributed by atoms with Gasteiger partial charge in [-0.1, -0.05) is 29.4 Å². The molecule has 2 saturated heterocycles. The molecule has 3 fully saturated rings. The van der Waals surface area contributed by atoms with Gasteiger partial charge in [0.1, 0.15) is 5.76 Å². The highest BCUT2D eigenvalue weighted by atomic mass is 16.5.